The maximum Gasteiger partial charge on any atom is 0.151 e. The van der Waals surface area contributed by atoms with Gasteiger partial charge in [-0.3, -0.25) is 4.90 Å². The van der Waals surface area contributed by atoms with Gasteiger partial charge >= 0.3 is 0 Å². The fourth-order valence-corrected chi connectivity index (χ4v) is 3.35. The van der Waals surface area contributed by atoms with Crippen LogP contribution >= 0.6 is 0 Å². The minimum Gasteiger partial charge on any atom is -0.379 e. The van der Waals surface area contributed by atoms with E-state index < -0.39 is 9.84 Å². The Bertz CT molecular complexity index is 326. The number of sulfone groups is 1. The molecule has 0 aromatic heterocycles. The van der Waals surface area contributed by atoms with Crippen molar-refractivity contribution >= 4 is 9.84 Å². The number of nitrogens with one attached hydrogen (secondary N) is 1. The molecule has 1 heterocycles. The maximum absolute atomic E-state index is 11.5. The molecule has 2 atom stereocenters. The van der Waals surface area contributed by atoms with E-state index in [0.29, 0.717) is 6.04 Å². The van der Waals surface area contributed by atoms with Crippen molar-refractivity contribution < 1.29 is 13.2 Å². The first-order valence-electron chi connectivity index (χ1n) is 6.69. The molecule has 0 amide bonds. The molecule has 18 heavy (non-hydrogen) atoms. The number of morpholine rings is 1. The molecule has 0 aromatic carbocycles. The number of hydrogen-bond donors (Lipinski definition) is 1. The number of ether oxygens (including phenoxy) is 1. The van der Waals surface area contributed by atoms with Crippen LogP contribution in [0, 0.1) is 0 Å². The highest BCUT2D eigenvalue weighted by Gasteiger charge is 2.18. The SMILES string of the molecule is CCS(=O)(=O)CC(C)NC(C)CN1CCOCC1. The molecule has 108 valence electrons. The monoisotopic (exact) mass is 278 g/mol. The van der Waals surface area contributed by atoms with Crippen LogP contribution in [0.2, 0.25) is 0 Å². The van der Waals surface area contributed by atoms with Crippen LogP contribution in [0.25, 0.3) is 0 Å². The van der Waals surface area contributed by atoms with Crippen LogP contribution in [0.3, 0.4) is 0 Å². The summed E-state index contributed by atoms with van der Waals surface area (Å²) in [6, 6.07) is 0.302. The van der Waals surface area contributed by atoms with E-state index in [9.17, 15) is 8.42 Å². The van der Waals surface area contributed by atoms with Gasteiger partial charge in [0, 0.05) is 37.5 Å². The highest BCUT2D eigenvalue weighted by molar-refractivity contribution is 7.91. The highest BCUT2D eigenvalue weighted by Crippen LogP contribution is 2.01. The third kappa shape index (κ3) is 6.13. The van der Waals surface area contributed by atoms with E-state index in [1.807, 2.05) is 6.92 Å². The lowest BCUT2D eigenvalue weighted by atomic mass is 10.2. The summed E-state index contributed by atoms with van der Waals surface area (Å²) < 4.78 is 28.3. The Hall–Kier alpha value is -0.170. The Kier molecular flexibility index (Phi) is 6.55. The van der Waals surface area contributed by atoms with Crippen molar-refractivity contribution in [3.05, 3.63) is 0 Å². The highest BCUT2D eigenvalue weighted by atomic mass is 32.2. The normalized spacial score (nSPS) is 21.7. The molecule has 6 heteroatoms. The molecule has 1 N–H and O–H groups in total. The third-order valence-corrected chi connectivity index (χ3v) is 5.04. The fraction of sp³-hybridized carbons (Fsp3) is 1.00. The standard InChI is InChI=1S/C12H26N2O3S/c1-4-18(15,16)10-12(3)13-11(2)9-14-5-7-17-8-6-14/h11-13H,4-10H2,1-3H3. The molecular weight excluding hydrogens is 252 g/mol. The smallest absolute Gasteiger partial charge is 0.151 e. The quantitative estimate of drug-likeness (QED) is 0.717. The summed E-state index contributed by atoms with van der Waals surface area (Å²) >= 11 is 0. The van der Waals surface area contributed by atoms with Crippen LogP contribution in [0.15, 0.2) is 0 Å². The van der Waals surface area contributed by atoms with Gasteiger partial charge in [0.15, 0.2) is 9.84 Å². The Morgan fingerprint density at radius 3 is 2.39 bits per heavy atom. The number of hydrogen-bond acceptors (Lipinski definition) is 5. The van der Waals surface area contributed by atoms with E-state index in [1.165, 1.54) is 0 Å². The molecule has 5 nitrogen and oxygen atoms in total. The lowest BCUT2D eigenvalue weighted by Gasteiger charge is -2.30. The van der Waals surface area contributed by atoms with Gasteiger partial charge in [0.1, 0.15) is 0 Å². The van der Waals surface area contributed by atoms with Crippen LogP contribution in [0.5, 0.6) is 0 Å². The molecule has 0 radical (unpaired) electrons. The zero-order valence-corrected chi connectivity index (χ0v) is 12.5. The molecule has 2 unspecified atom stereocenters. The summed E-state index contributed by atoms with van der Waals surface area (Å²) in [4.78, 5) is 2.35. The van der Waals surface area contributed by atoms with E-state index in [1.54, 1.807) is 6.92 Å². The van der Waals surface area contributed by atoms with Crippen LogP contribution in [0.1, 0.15) is 20.8 Å². The topological polar surface area (TPSA) is 58.6 Å². The van der Waals surface area contributed by atoms with E-state index in [4.69, 9.17) is 4.74 Å². The van der Waals surface area contributed by atoms with Crippen LogP contribution in [-0.4, -0.2) is 69.8 Å². The molecule has 1 saturated heterocycles. The molecule has 0 aliphatic carbocycles. The van der Waals surface area contributed by atoms with E-state index in [-0.39, 0.29) is 17.5 Å². The Morgan fingerprint density at radius 2 is 1.83 bits per heavy atom. The van der Waals surface area contributed by atoms with Gasteiger partial charge in [-0.1, -0.05) is 6.92 Å². The van der Waals surface area contributed by atoms with Crippen molar-refractivity contribution in [2.24, 2.45) is 0 Å². The predicted octanol–water partition coefficient (Wildman–Crippen LogP) is 0.120. The van der Waals surface area contributed by atoms with Gasteiger partial charge in [-0.05, 0) is 13.8 Å². The molecule has 0 saturated carbocycles. The number of rotatable bonds is 7. The summed E-state index contributed by atoms with van der Waals surface area (Å²) in [7, 11) is -2.89. The van der Waals surface area contributed by atoms with Gasteiger partial charge in [-0.15, -0.1) is 0 Å². The van der Waals surface area contributed by atoms with Crippen molar-refractivity contribution in [2.75, 3.05) is 44.4 Å². The molecule has 0 aromatic rings. The van der Waals surface area contributed by atoms with E-state index in [2.05, 4.69) is 17.1 Å². The summed E-state index contributed by atoms with van der Waals surface area (Å²) in [5.74, 6) is 0.438. The minimum atomic E-state index is -2.89. The molecule has 0 spiro atoms. The zero-order chi connectivity index (χ0) is 13.6. The lowest BCUT2D eigenvalue weighted by Crippen LogP contribution is -2.48. The van der Waals surface area contributed by atoms with Crippen molar-refractivity contribution in [3.63, 3.8) is 0 Å². The van der Waals surface area contributed by atoms with Crippen molar-refractivity contribution in [1.82, 2.24) is 10.2 Å². The van der Waals surface area contributed by atoms with Gasteiger partial charge < -0.3 is 10.1 Å². The summed E-state index contributed by atoms with van der Waals surface area (Å²) in [6.07, 6.45) is 0. The van der Waals surface area contributed by atoms with Gasteiger partial charge in [0.2, 0.25) is 0 Å². The van der Waals surface area contributed by atoms with E-state index >= 15 is 0 Å². The van der Waals surface area contributed by atoms with Crippen molar-refractivity contribution in [1.29, 1.82) is 0 Å². The lowest BCUT2D eigenvalue weighted by molar-refractivity contribution is 0.0341. The second-order valence-corrected chi connectivity index (χ2v) is 7.48. The fourth-order valence-electron chi connectivity index (χ4n) is 2.26. The molecule has 1 aliphatic rings. The molecular formula is C12H26N2O3S. The van der Waals surface area contributed by atoms with Crippen LogP contribution in [-0.2, 0) is 14.6 Å². The van der Waals surface area contributed by atoms with Crippen LogP contribution < -0.4 is 5.32 Å². The van der Waals surface area contributed by atoms with Crippen molar-refractivity contribution in [3.8, 4) is 0 Å². The Balaban J connectivity index is 2.28. The van der Waals surface area contributed by atoms with E-state index in [0.717, 1.165) is 32.8 Å². The van der Waals surface area contributed by atoms with Crippen molar-refractivity contribution in [2.45, 2.75) is 32.9 Å². The second kappa shape index (κ2) is 7.43. The first-order valence-corrected chi connectivity index (χ1v) is 8.51. The molecule has 0 bridgehead atoms. The Morgan fingerprint density at radius 1 is 1.22 bits per heavy atom. The molecule has 1 rings (SSSR count). The third-order valence-electron chi connectivity index (χ3n) is 3.15. The zero-order valence-electron chi connectivity index (χ0n) is 11.7. The van der Waals surface area contributed by atoms with Gasteiger partial charge in [0.25, 0.3) is 0 Å². The Labute approximate surface area is 111 Å². The first kappa shape index (κ1) is 15.9. The minimum absolute atomic E-state index is 0.00555. The average molecular weight is 278 g/mol. The largest absolute Gasteiger partial charge is 0.379 e. The van der Waals surface area contributed by atoms with Crippen LogP contribution in [0.4, 0.5) is 0 Å². The summed E-state index contributed by atoms with van der Waals surface area (Å²) in [6.45, 7) is 10.2. The van der Waals surface area contributed by atoms with Gasteiger partial charge in [-0.25, -0.2) is 8.42 Å². The predicted molar refractivity (Wildman–Crippen MR) is 73.6 cm³/mol. The number of nitrogens with zero attached hydrogens (tertiary/aromatic N) is 1. The second-order valence-electron chi connectivity index (χ2n) is 5.08. The summed E-state index contributed by atoms with van der Waals surface area (Å²) in [5.41, 5.74) is 0. The summed E-state index contributed by atoms with van der Waals surface area (Å²) in [5, 5.41) is 3.36. The van der Waals surface area contributed by atoms with Gasteiger partial charge in [-0.2, -0.15) is 0 Å². The molecule has 1 aliphatic heterocycles. The maximum atomic E-state index is 11.5. The van der Waals surface area contributed by atoms with Gasteiger partial charge in [0.05, 0.1) is 19.0 Å². The first-order chi connectivity index (χ1) is 8.43. The average Bonchev–Trinajstić information content (AvgIpc) is 2.29. The molecule has 1 fully saturated rings.